The van der Waals surface area contributed by atoms with Crippen LogP contribution in [0.3, 0.4) is 0 Å². The molecule has 136 valence electrons. The number of ether oxygens (including phenoxy) is 1. The molecular formula is C18H23FN2O4. The monoisotopic (exact) mass is 350 g/mol. The third kappa shape index (κ3) is 5.27. The highest BCUT2D eigenvalue weighted by molar-refractivity contribution is 5.96. The minimum Gasteiger partial charge on any atom is -0.454 e. The van der Waals surface area contributed by atoms with Crippen LogP contribution in [0.2, 0.25) is 0 Å². The number of esters is 1. The van der Waals surface area contributed by atoms with Gasteiger partial charge >= 0.3 is 5.97 Å². The molecule has 1 atom stereocenters. The molecule has 7 heteroatoms. The largest absolute Gasteiger partial charge is 0.454 e. The van der Waals surface area contributed by atoms with E-state index in [-0.39, 0.29) is 24.1 Å². The first kappa shape index (κ1) is 18.9. The van der Waals surface area contributed by atoms with Crippen LogP contribution in [0.1, 0.15) is 43.0 Å². The first-order valence-corrected chi connectivity index (χ1v) is 8.50. The number of amides is 2. The number of nitrogens with one attached hydrogen (secondary N) is 1. The van der Waals surface area contributed by atoms with Crippen LogP contribution in [-0.4, -0.2) is 48.4 Å². The van der Waals surface area contributed by atoms with Crippen LogP contribution in [0.25, 0.3) is 0 Å². The molecule has 1 fully saturated rings. The topological polar surface area (TPSA) is 75.7 Å². The number of benzene rings is 1. The quantitative estimate of drug-likeness (QED) is 0.795. The molecule has 0 bridgehead atoms. The van der Waals surface area contributed by atoms with E-state index in [1.807, 2.05) is 6.92 Å². The Morgan fingerprint density at radius 2 is 2.04 bits per heavy atom. The van der Waals surface area contributed by atoms with Gasteiger partial charge in [0.25, 0.3) is 11.8 Å². The first-order valence-electron chi connectivity index (χ1n) is 8.50. The highest BCUT2D eigenvalue weighted by Gasteiger charge is 2.25. The fourth-order valence-electron chi connectivity index (χ4n) is 2.92. The molecule has 0 aliphatic carbocycles. The molecule has 1 saturated heterocycles. The number of nitrogens with zero attached hydrogens (tertiary/aromatic N) is 1. The predicted molar refractivity (Wildman–Crippen MR) is 89.3 cm³/mol. The number of carbonyl (C=O) groups excluding carboxylic acids is 3. The summed E-state index contributed by atoms with van der Waals surface area (Å²) in [5.74, 6) is -2.33. The number of hydrogen-bond acceptors (Lipinski definition) is 4. The van der Waals surface area contributed by atoms with E-state index < -0.39 is 24.2 Å². The van der Waals surface area contributed by atoms with Crippen molar-refractivity contribution in [3.8, 4) is 0 Å². The lowest BCUT2D eigenvalue weighted by atomic mass is 10.00. The number of halogens is 1. The van der Waals surface area contributed by atoms with Gasteiger partial charge in [0.2, 0.25) is 0 Å². The summed E-state index contributed by atoms with van der Waals surface area (Å²) < 4.78 is 18.4. The highest BCUT2D eigenvalue weighted by atomic mass is 19.1. The molecule has 0 aromatic heterocycles. The van der Waals surface area contributed by atoms with E-state index in [0.29, 0.717) is 6.54 Å². The number of hydrogen-bond donors (Lipinski definition) is 1. The molecule has 0 radical (unpaired) electrons. The van der Waals surface area contributed by atoms with Crippen molar-refractivity contribution in [1.29, 1.82) is 0 Å². The van der Waals surface area contributed by atoms with Crippen LogP contribution in [-0.2, 0) is 14.3 Å². The van der Waals surface area contributed by atoms with E-state index in [2.05, 4.69) is 5.32 Å². The lowest BCUT2D eigenvalue weighted by molar-refractivity contribution is -0.152. The molecular weight excluding hydrogens is 327 g/mol. The average molecular weight is 350 g/mol. The molecule has 1 N–H and O–H groups in total. The van der Waals surface area contributed by atoms with E-state index in [9.17, 15) is 18.8 Å². The summed E-state index contributed by atoms with van der Waals surface area (Å²) in [4.78, 5) is 37.5. The van der Waals surface area contributed by atoms with E-state index in [0.717, 1.165) is 31.7 Å². The summed E-state index contributed by atoms with van der Waals surface area (Å²) in [5, 5.41) is 2.28. The lowest BCUT2D eigenvalue weighted by Crippen LogP contribution is -2.45. The van der Waals surface area contributed by atoms with Crippen LogP contribution in [0.5, 0.6) is 0 Å². The smallest absolute Gasteiger partial charge is 0.325 e. The van der Waals surface area contributed by atoms with Gasteiger partial charge in [0, 0.05) is 12.6 Å². The molecule has 1 heterocycles. The van der Waals surface area contributed by atoms with Crippen molar-refractivity contribution in [3.63, 3.8) is 0 Å². The zero-order valence-electron chi connectivity index (χ0n) is 14.3. The van der Waals surface area contributed by atoms with Crippen molar-refractivity contribution in [2.45, 2.75) is 38.6 Å². The van der Waals surface area contributed by atoms with Crippen LogP contribution in [0.15, 0.2) is 24.3 Å². The van der Waals surface area contributed by atoms with Crippen molar-refractivity contribution in [2.24, 2.45) is 0 Å². The molecule has 1 aromatic rings. The Bertz CT molecular complexity index is 635. The van der Waals surface area contributed by atoms with E-state index in [1.54, 1.807) is 4.90 Å². The van der Waals surface area contributed by atoms with Gasteiger partial charge < -0.3 is 15.0 Å². The fraction of sp³-hybridized carbons (Fsp3) is 0.500. The van der Waals surface area contributed by atoms with Gasteiger partial charge in [-0.25, -0.2) is 4.39 Å². The van der Waals surface area contributed by atoms with Crippen molar-refractivity contribution in [1.82, 2.24) is 10.2 Å². The highest BCUT2D eigenvalue weighted by Crippen LogP contribution is 2.19. The minimum absolute atomic E-state index is 0.148. The summed E-state index contributed by atoms with van der Waals surface area (Å²) >= 11 is 0. The van der Waals surface area contributed by atoms with Crippen molar-refractivity contribution < 1.29 is 23.5 Å². The van der Waals surface area contributed by atoms with Gasteiger partial charge in [0.1, 0.15) is 12.4 Å². The molecule has 25 heavy (non-hydrogen) atoms. The van der Waals surface area contributed by atoms with E-state index in [4.69, 9.17) is 4.74 Å². The predicted octanol–water partition coefficient (Wildman–Crippen LogP) is 1.89. The SMILES string of the molecule is CC[C@@H]1CCCCN1C(=O)COC(=O)CNC(=O)c1ccccc1F. The summed E-state index contributed by atoms with van der Waals surface area (Å²) in [7, 11) is 0. The van der Waals surface area contributed by atoms with Gasteiger partial charge in [-0.05, 0) is 37.8 Å². The Balaban J connectivity index is 1.76. The van der Waals surface area contributed by atoms with Crippen LogP contribution < -0.4 is 5.32 Å². The molecule has 6 nitrogen and oxygen atoms in total. The molecule has 2 rings (SSSR count). The Kier molecular flexibility index (Phi) is 6.91. The van der Waals surface area contributed by atoms with Crippen molar-refractivity contribution in [3.05, 3.63) is 35.6 Å². The molecule has 1 aromatic carbocycles. The second-order valence-corrected chi connectivity index (χ2v) is 5.97. The van der Waals surface area contributed by atoms with Gasteiger partial charge in [-0.15, -0.1) is 0 Å². The third-order valence-electron chi connectivity index (χ3n) is 4.29. The third-order valence-corrected chi connectivity index (χ3v) is 4.29. The molecule has 0 spiro atoms. The summed E-state index contributed by atoms with van der Waals surface area (Å²) in [6.07, 6.45) is 3.90. The van der Waals surface area contributed by atoms with Gasteiger partial charge in [-0.2, -0.15) is 0 Å². The molecule has 0 unspecified atom stereocenters. The first-order chi connectivity index (χ1) is 12.0. The lowest BCUT2D eigenvalue weighted by Gasteiger charge is -2.35. The maximum atomic E-state index is 13.5. The van der Waals surface area contributed by atoms with Crippen molar-refractivity contribution in [2.75, 3.05) is 19.7 Å². The second kappa shape index (κ2) is 9.15. The Hall–Kier alpha value is -2.44. The summed E-state index contributed by atoms with van der Waals surface area (Å²) in [6, 6.07) is 5.67. The van der Waals surface area contributed by atoms with Gasteiger partial charge in [-0.3, -0.25) is 14.4 Å². The van der Waals surface area contributed by atoms with E-state index in [1.165, 1.54) is 18.2 Å². The normalized spacial score (nSPS) is 17.0. The second-order valence-electron chi connectivity index (χ2n) is 5.97. The summed E-state index contributed by atoms with van der Waals surface area (Å²) in [6.45, 7) is 1.95. The molecule has 1 aliphatic rings. The number of piperidine rings is 1. The Morgan fingerprint density at radius 3 is 2.76 bits per heavy atom. The maximum absolute atomic E-state index is 13.5. The van der Waals surface area contributed by atoms with E-state index >= 15 is 0 Å². The molecule has 2 amide bonds. The number of likely N-dealkylation sites (tertiary alicyclic amines) is 1. The zero-order chi connectivity index (χ0) is 18.2. The zero-order valence-corrected chi connectivity index (χ0v) is 14.3. The fourth-order valence-corrected chi connectivity index (χ4v) is 2.92. The van der Waals surface area contributed by atoms with Gasteiger partial charge in [0.05, 0.1) is 5.56 Å². The summed E-state index contributed by atoms with van der Waals surface area (Å²) in [5.41, 5.74) is -0.148. The van der Waals surface area contributed by atoms with Crippen LogP contribution in [0, 0.1) is 5.82 Å². The molecule has 0 saturated carbocycles. The number of carbonyl (C=O) groups is 3. The van der Waals surface area contributed by atoms with Crippen LogP contribution in [0.4, 0.5) is 4.39 Å². The molecule has 1 aliphatic heterocycles. The minimum atomic E-state index is -0.733. The van der Waals surface area contributed by atoms with Crippen LogP contribution >= 0.6 is 0 Å². The Labute approximate surface area is 146 Å². The Morgan fingerprint density at radius 1 is 1.28 bits per heavy atom. The van der Waals surface area contributed by atoms with Gasteiger partial charge in [0.15, 0.2) is 6.61 Å². The van der Waals surface area contributed by atoms with Crippen molar-refractivity contribution >= 4 is 17.8 Å². The maximum Gasteiger partial charge on any atom is 0.325 e. The van der Waals surface area contributed by atoms with Gasteiger partial charge in [-0.1, -0.05) is 19.1 Å². The average Bonchev–Trinajstić information content (AvgIpc) is 2.64. The standard InChI is InChI=1S/C18H23FN2O4/c1-2-13-7-5-6-10-21(13)16(22)12-25-17(23)11-20-18(24)14-8-3-4-9-15(14)19/h3-4,8-9,13H,2,5-7,10-12H2,1H3,(H,20,24)/t13-/m1/s1. The number of rotatable bonds is 6.